The standard InChI is InChI=1S/C12H15NO/c1-10(8-13)11(2)14-9-12-6-4-3-5-7-12/h3-7,10-11H,9H2,1-2H3/t10-,11?/m1/s1. The molecule has 2 heteroatoms. The van der Waals surface area contributed by atoms with Crippen LogP contribution in [0.1, 0.15) is 19.4 Å². The third-order valence-corrected chi connectivity index (χ3v) is 2.26. The van der Waals surface area contributed by atoms with Gasteiger partial charge >= 0.3 is 0 Å². The molecule has 1 rings (SSSR count). The number of rotatable bonds is 4. The maximum Gasteiger partial charge on any atom is 0.0721 e. The number of hydrogen-bond donors (Lipinski definition) is 0. The number of nitrogens with zero attached hydrogens (tertiary/aromatic N) is 1. The average molecular weight is 189 g/mol. The molecule has 0 spiro atoms. The predicted molar refractivity (Wildman–Crippen MR) is 55.5 cm³/mol. The SMILES string of the molecule is CC(OCc1ccccc1)[C@H](C)C#N. The molecule has 0 aliphatic rings. The summed E-state index contributed by atoms with van der Waals surface area (Å²) in [7, 11) is 0. The van der Waals surface area contributed by atoms with Crippen molar-refractivity contribution in [3.63, 3.8) is 0 Å². The van der Waals surface area contributed by atoms with Crippen LogP contribution in [-0.4, -0.2) is 6.10 Å². The van der Waals surface area contributed by atoms with E-state index < -0.39 is 0 Å². The summed E-state index contributed by atoms with van der Waals surface area (Å²) in [6, 6.07) is 12.2. The molecule has 0 fully saturated rings. The molecule has 0 bridgehead atoms. The summed E-state index contributed by atoms with van der Waals surface area (Å²) in [4.78, 5) is 0. The summed E-state index contributed by atoms with van der Waals surface area (Å²) in [5.41, 5.74) is 1.14. The molecule has 0 saturated carbocycles. The minimum Gasteiger partial charge on any atom is -0.372 e. The van der Waals surface area contributed by atoms with Crippen molar-refractivity contribution in [2.24, 2.45) is 5.92 Å². The van der Waals surface area contributed by atoms with Crippen molar-refractivity contribution in [3.05, 3.63) is 35.9 Å². The maximum atomic E-state index is 8.67. The van der Waals surface area contributed by atoms with E-state index in [-0.39, 0.29) is 12.0 Å². The quantitative estimate of drug-likeness (QED) is 0.729. The highest BCUT2D eigenvalue weighted by Gasteiger charge is 2.10. The Morgan fingerprint density at radius 3 is 2.50 bits per heavy atom. The minimum atomic E-state index is -0.0567. The van der Waals surface area contributed by atoms with Gasteiger partial charge in [-0.15, -0.1) is 0 Å². The highest BCUT2D eigenvalue weighted by molar-refractivity contribution is 5.13. The van der Waals surface area contributed by atoms with Gasteiger partial charge in [0.15, 0.2) is 0 Å². The molecule has 2 atom stereocenters. The van der Waals surface area contributed by atoms with E-state index in [1.54, 1.807) is 0 Å². The van der Waals surface area contributed by atoms with Gasteiger partial charge in [0.1, 0.15) is 0 Å². The van der Waals surface area contributed by atoms with Crippen molar-refractivity contribution in [1.82, 2.24) is 0 Å². The Kier molecular flexibility index (Phi) is 4.15. The van der Waals surface area contributed by atoms with Crippen LogP contribution in [-0.2, 0) is 11.3 Å². The molecule has 0 amide bonds. The first kappa shape index (κ1) is 10.7. The zero-order valence-electron chi connectivity index (χ0n) is 8.60. The zero-order chi connectivity index (χ0) is 10.4. The summed E-state index contributed by atoms with van der Waals surface area (Å²) in [5.74, 6) is -0.0567. The monoisotopic (exact) mass is 189 g/mol. The van der Waals surface area contributed by atoms with Crippen LogP contribution in [0.4, 0.5) is 0 Å². The second-order valence-electron chi connectivity index (χ2n) is 3.42. The number of nitriles is 1. The lowest BCUT2D eigenvalue weighted by atomic mass is 10.1. The first-order valence-electron chi connectivity index (χ1n) is 4.79. The molecule has 1 aromatic rings. The Bertz CT molecular complexity index is 302. The third kappa shape index (κ3) is 3.20. The maximum absolute atomic E-state index is 8.67. The van der Waals surface area contributed by atoms with Crippen molar-refractivity contribution in [1.29, 1.82) is 5.26 Å². The van der Waals surface area contributed by atoms with Crippen molar-refractivity contribution < 1.29 is 4.74 Å². The van der Waals surface area contributed by atoms with Gasteiger partial charge in [0.05, 0.1) is 24.7 Å². The van der Waals surface area contributed by atoms with Gasteiger partial charge in [-0.1, -0.05) is 30.3 Å². The second-order valence-corrected chi connectivity index (χ2v) is 3.42. The molecule has 0 aromatic heterocycles. The molecule has 2 nitrogen and oxygen atoms in total. The molecule has 0 N–H and O–H groups in total. The lowest BCUT2D eigenvalue weighted by molar-refractivity contribution is 0.0326. The van der Waals surface area contributed by atoms with E-state index in [2.05, 4.69) is 6.07 Å². The summed E-state index contributed by atoms with van der Waals surface area (Å²) < 4.78 is 5.56. The summed E-state index contributed by atoms with van der Waals surface area (Å²) >= 11 is 0. The summed E-state index contributed by atoms with van der Waals surface area (Å²) in [6.45, 7) is 4.38. The van der Waals surface area contributed by atoms with Crippen LogP contribution < -0.4 is 0 Å². The van der Waals surface area contributed by atoms with Crippen LogP contribution in [0.3, 0.4) is 0 Å². The fourth-order valence-electron chi connectivity index (χ4n) is 1.05. The van der Waals surface area contributed by atoms with Gasteiger partial charge in [-0.05, 0) is 19.4 Å². The Morgan fingerprint density at radius 1 is 1.29 bits per heavy atom. The highest BCUT2D eigenvalue weighted by atomic mass is 16.5. The van der Waals surface area contributed by atoms with Crippen molar-refractivity contribution in [2.75, 3.05) is 0 Å². The summed E-state index contributed by atoms with van der Waals surface area (Å²) in [6.07, 6.45) is -0.0137. The molecule has 0 aliphatic heterocycles. The smallest absolute Gasteiger partial charge is 0.0721 e. The fourth-order valence-corrected chi connectivity index (χ4v) is 1.05. The number of benzene rings is 1. The molecule has 74 valence electrons. The zero-order valence-corrected chi connectivity index (χ0v) is 8.60. The molecule has 1 unspecified atom stereocenters. The predicted octanol–water partition coefficient (Wildman–Crippen LogP) is 2.75. The first-order chi connectivity index (χ1) is 6.74. The Morgan fingerprint density at radius 2 is 1.93 bits per heavy atom. The van der Waals surface area contributed by atoms with E-state index in [9.17, 15) is 0 Å². The molecular weight excluding hydrogens is 174 g/mol. The van der Waals surface area contributed by atoms with Crippen LogP contribution in [0.15, 0.2) is 30.3 Å². The van der Waals surface area contributed by atoms with E-state index >= 15 is 0 Å². The number of ether oxygens (including phenoxy) is 1. The van der Waals surface area contributed by atoms with E-state index in [4.69, 9.17) is 10.00 Å². The molecule has 0 aliphatic carbocycles. The van der Waals surface area contributed by atoms with Crippen molar-refractivity contribution >= 4 is 0 Å². The molecule has 0 radical (unpaired) electrons. The minimum absolute atomic E-state index is 0.0137. The Labute approximate surface area is 85.1 Å². The van der Waals surface area contributed by atoms with Gasteiger partial charge in [0.25, 0.3) is 0 Å². The van der Waals surface area contributed by atoms with Crippen LogP contribution in [0.5, 0.6) is 0 Å². The fraction of sp³-hybridized carbons (Fsp3) is 0.417. The third-order valence-electron chi connectivity index (χ3n) is 2.26. The Hall–Kier alpha value is -1.33. The van der Waals surface area contributed by atoms with Gasteiger partial charge in [-0.25, -0.2) is 0 Å². The van der Waals surface area contributed by atoms with Crippen LogP contribution in [0.25, 0.3) is 0 Å². The van der Waals surface area contributed by atoms with Crippen LogP contribution in [0.2, 0.25) is 0 Å². The van der Waals surface area contributed by atoms with Crippen LogP contribution >= 0.6 is 0 Å². The molecular formula is C12H15NO. The molecule has 1 aromatic carbocycles. The van der Waals surface area contributed by atoms with E-state index in [1.807, 2.05) is 44.2 Å². The van der Waals surface area contributed by atoms with Crippen molar-refractivity contribution in [3.8, 4) is 6.07 Å². The largest absolute Gasteiger partial charge is 0.372 e. The van der Waals surface area contributed by atoms with E-state index in [0.717, 1.165) is 5.56 Å². The number of hydrogen-bond acceptors (Lipinski definition) is 2. The van der Waals surface area contributed by atoms with Gasteiger partial charge in [0.2, 0.25) is 0 Å². The molecule has 0 saturated heterocycles. The van der Waals surface area contributed by atoms with Gasteiger partial charge < -0.3 is 4.74 Å². The summed E-state index contributed by atoms with van der Waals surface area (Å²) in [5, 5.41) is 8.67. The Balaban J connectivity index is 2.39. The first-order valence-corrected chi connectivity index (χ1v) is 4.79. The van der Waals surface area contributed by atoms with Crippen molar-refractivity contribution in [2.45, 2.75) is 26.6 Å². The van der Waals surface area contributed by atoms with E-state index in [1.165, 1.54) is 0 Å². The van der Waals surface area contributed by atoms with E-state index in [0.29, 0.717) is 6.61 Å². The molecule has 0 heterocycles. The van der Waals surface area contributed by atoms with Crippen LogP contribution in [0, 0.1) is 17.2 Å². The highest BCUT2D eigenvalue weighted by Crippen LogP contribution is 2.09. The second kappa shape index (κ2) is 5.41. The lowest BCUT2D eigenvalue weighted by Gasteiger charge is -2.14. The topological polar surface area (TPSA) is 33.0 Å². The molecule has 14 heavy (non-hydrogen) atoms. The van der Waals surface area contributed by atoms with Gasteiger partial charge in [0, 0.05) is 0 Å². The van der Waals surface area contributed by atoms with Gasteiger partial charge in [-0.2, -0.15) is 5.26 Å². The average Bonchev–Trinajstić information content (AvgIpc) is 2.26. The van der Waals surface area contributed by atoms with Gasteiger partial charge in [-0.3, -0.25) is 0 Å². The normalized spacial score (nSPS) is 14.4. The lowest BCUT2D eigenvalue weighted by Crippen LogP contribution is -2.16.